The van der Waals surface area contributed by atoms with Crippen LogP contribution in [0.5, 0.6) is 0 Å². The van der Waals surface area contributed by atoms with E-state index < -0.39 is 23.8 Å². The molecule has 0 aromatic heterocycles. The number of carbonyl (C=O) groups is 3. The van der Waals surface area contributed by atoms with Gasteiger partial charge in [0.15, 0.2) is 0 Å². The van der Waals surface area contributed by atoms with Gasteiger partial charge in [-0.3, -0.25) is 19.3 Å². The van der Waals surface area contributed by atoms with Crippen molar-refractivity contribution in [2.24, 2.45) is 0 Å². The largest absolute Gasteiger partial charge is 0.320 e. The van der Waals surface area contributed by atoms with E-state index in [1.165, 1.54) is 13.0 Å². The fourth-order valence-electron chi connectivity index (χ4n) is 2.10. The van der Waals surface area contributed by atoms with Gasteiger partial charge in [-0.2, -0.15) is 5.26 Å². The number of hydrogen-bond acceptors (Lipinski definition) is 4. The predicted molar refractivity (Wildman–Crippen MR) is 74.1 cm³/mol. The summed E-state index contributed by atoms with van der Waals surface area (Å²) in [5, 5.41) is 11.2. The lowest BCUT2D eigenvalue weighted by Gasteiger charge is -2.32. The molecule has 0 spiro atoms. The summed E-state index contributed by atoms with van der Waals surface area (Å²) in [7, 11) is 0. The van der Waals surface area contributed by atoms with E-state index in [9.17, 15) is 14.4 Å². The summed E-state index contributed by atoms with van der Waals surface area (Å²) in [6.07, 6.45) is 1.27. The Morgan fingerprint density at radius 2 is 2.05 bits per heavy atom. The monoisotopic (exact) mass is 283 g/mol. The van der Waals surface area contributed by atoms with E-state index in [2.05, 4.69) is 5.32 Å². The summed E-state index contributed by atoms with van der Waals surface area (Å²) in [6, 6.07) is 9.69. The van der Waals surface area contributed by atoms with E-state index in [-0.39, 0.29) is 12.1 Å². The first-order chi connectivity index (χ1) is 10.0. The first-order valence-corrected chi connectivity index (χ1v) is 6.33. The molecule has 1 aliphatic rings. The summed E-state index contributed by atoms with van der Waals surface area (Å²) in [4.78, 5) is 36.8. The third kappa shape index (κ3) is 2.98. The molecule has 3 amide bonds. The highest BCUT2D eigenvalue weighted by Gasteiger charge is 2.39. The van der Waals surface area contributed by atoms with Crippen LogP contribution < -0.4 is 5.32 Å². The zero-order valence-electron chi connectivity index (χ0n) is 11.4. The lowest BCUT2D eigenvalue weighted by atomic mass is 10.1. The summed E-state index contributed by atoms with van der Waals surface area (Å²) in [6.45, 7) is 1.20. The Morgan fingerprint density at radius 1 is 1.38 bits per heavy atom. The molecule has 1 fully saturated rings. The molecule has 6 nitrogen and oxygen atoms in total. The van der Waals surface area contributed by atoms with Crippen LogP contribution in [0.4, 0.5) is 0 Å². The van der Waals surface area contributed by atoms with Crippen LogP contribution in [0.1, 0.15) is 18.9 Å². The molecule has 1 N–H and O–H groups in total. The van der Waals surface area contributed by atoms with Crippen LogP contribution in [-0.2, 0) is 14.4 Å². The minimum Gasteiger partial charge on any atom is -0.320 e. The Kier molecular flexibility index (Phi) is 4.14. The van der Waals surface area contributed by atoms with Crippen molar-refractivity contribution in [3.05, 3.63) is 41.6 Å². The minimum atomic E-state index is -1.08. The fourth-order valence-corrected chi connectivity index (χ4v) is 2.10. The summed E-state index contributed by atoms with van der Waals surface area (Å²) in [5.41, 5.74) is 0.749. The third-order valence-electron chi connectivity index (χ3n) is 3.06. The van der Waals surface area contributed by atoms with Crippen LogP contribution in [0.3, 0.4) is 0 Å². The number of piperazine rings is 1. The third-order valence-corrected chi connectivity index (χ3v) is 3.06. The van der Waals surface area contributed by atoms with Gasteiger partial charge >= 0.3 is 0 Å². The average molecular weight is 283 g/mol. The molecule has 1 heterocycles. The summed E-state index contributed by atoms with van der Waals surface area (Å²) >= 11 is 0. The Labute approximate surface area is 121 Å². The number of nitriles is 1. The second kappa shape index (κ2) is 6.01. The molecule has 21 heavy (non-hydrogen) atoms. The minimum absolute atomic E-state index is 0.0237. The first kappa shape index (κ1) is 14.5. The topological polar surface area (TPSA) is 90.3 Å². The first-order valence-electron chi connectivity index (χ1n) is 6.33. The molecule has 1 aromatic rings. The molecule has 1 aliphatic heterocycles. The van der Waals surface area contributed by atoms with Crippen molar-refractivity contribution in [1.29, 1.82) is 5.26 Å². The summed E-state index contributed by atoms with van der Waals surface area (Å²) in [5.74, 6) is -1.70. The lowest BCUT2D eigenvalue weighted by molar-refractivity contribution is -0.151. The van der Waals surface area contributed by atoms with Gasteiger partial charge in [0.2, 0.25) is 11.8 Å². The van der Waals surface area contributed by atoms with Crippen molar-refractivity contribution in [2.75, 3.05) is 0 Å². The van der Waals surface area contributed by atoms with Crippen molar-refractivity contribution >= 4 is 23.8 Å². The molecule has 0 bridgehead atoms. The van der Waals surface area contributed by atoms with Gasteiger partial charge in [0, 0.05) is 6.92 Å². The van der Waals surface area contributed by atoms with E-state index in [0.717, 1.165) is 10.5 Å². The molecule has 1 saturated heterocycles. The van der Waals surface area contributed by atoms with Crippen molar-refractivity contribution in [3.8, 4) is 6.07 Å². The van der Waals surface area contributed by atoms with Gasteiger partial charge in [-0.15, -0.1) is 0 Å². The molecular weight excluding hydrogens is 270 g/mol. The standard InChI is InChI=1S/C15H13N3O3/c1-10(19)18-13(7-8-16)14(20)17-12(15(18)21)9-11-5-3-2-4-6-11/h2-6,9,13H,7H2,1H3,(H,17,20). The summed E-state index contributed by atoms with van der Waals surface area (Å²) < 4.78 is 0. The lowest BCUT2D eigenvalue weighted by Crippen LogP contribution is -2.58. The molecule has 106 valence electrons. The van der Waals surface area contributed by atoms with Crippen molar-refractivity contribution in [1.82, 2.24) is 10.2 Å². The molecule has 1 atom stereocenters. The molecule has 2 rings (SSSR count). The maximum Gasteiger partial charge on any atom is 0.277 e. The molecular formula is C15H13N3O3. The SMILES string of the molecule is CC(=O)N1C(=O)C(=Cc2ccccc2)NC(=O)C1CC#N. The molecule has 0 aliphatic carbocycles. The smallest absolute Gasteiger partial charge is 0.277 e. The van der Waals surface area contributed by atoms with E-state index in [1.54, 1.807) is 24.3 Å². The van der Waals surface area contributed by atoms with Crippen molar-refractivity contribution < 1.29 is 14.4 Å². The zero-order valence-corrected chi connectivity index (χ0v) is 11.4. The van der Waals surface area contributed by atoms with Crippen LogP contribution in [-0.4, -0.2) is 28.7 Å². The molecule has 1 aromatic carbocycles. The Hall–Kier alpha value is -2.94. The number of carbonyl (C=O) groups excluding carboxylic acids is 3. The number of nitrogens with one attached hydrogen (secondary N) is 1. The average Bonchev–Trinajstić information content (AvgIpc) is 2.45. The molecule has 0 saturated carbocycles. The van der Waals surface area contributed by atoms with Gasteiger partial charge in [0.05, 0.1) is 12.5 Å². The van der Waals surface area contributed by atoms with Gasteiger partial charge in [-0.25, -0.2) is 0 Å². The number of imide groups is 1. The van der Waals surface area contributed by atoms with Crippen LogP contribution in [0.2, 0.25) is 0 Å². The Morgan fingerprint density at radius 3 is 2.62 bits per heavy atom. The van der Waals surface area contributed by atoms with Crippen LogP contribution in [0, 0.1) is 11.3 Å². The maximum absolute atomic E-state index is 12.3. The highest BCUT2D eigenvalue weighted by molar-refractivity contribution is 6.13. The van der Waals surface area contributed by atoms with Crippen LogP contribution in [0.15, 0.2) is 36.0 Å². The molecule has 1 unspecified atom stereocenters. The Bertz CT molecular complexity index is 658. The number of rotatable bonds is 2. The van der Waals surface area contributed by atoms with Gasteiger partial charge in [-0.1, -0.05) is 30.3 Å². The van der Waals surface area contributed by atoms with E-state index >= 15 is 0 Å². The van der Waals surface area contributed by atoms with E-state index in [0.29, 0.717) is 0 Å². The number of amides is 3. The predicted octanol–water partition coefficient (Wildman–Crippen LogP) is 0.815. The fraction of sp³-hybridized carbons (Fsp3) is 0.200. The quantitative estimate of drug-likeness (QED) is 0.813. The second-order valence-corrected chi connectivity index (χ2v) is 4.53. The number of nitrogens with zero attached hydrogens (tertiary/aromatic N) is 2. The number of hydrogen-bond donors (Lipinski definition) is 1. The maximum atomic E-state index is 12.3. The van der Waals surface area contributed by atoms with E-state index in [4.69, 9.17) is 5.26 Å². The van der Waals surface area contributed by atoms with Gasteiger partial charge in [0.25, 0.3) is 5.91 Å². The number of benzene rings is 1. The van der Waals surface area contributed by atoms with Gasteiger partial charge < -0.3 is 5.32 Å². The van der Waals surface area contributed by atoms with Crippen molar-refractivity contribution in [3.63, 3.8) is 0 Å². The van der Waals surface area contributed by atoms with E-state index in [1.807, 2.05) is 12.1 Å². The molecule has 6 heteroatoms. The van der Waals surface area contributed by atoms with Gasteiger partial charge in [-0.05, 0) is 11.6 Å². The normalized spacial score (nSPS) is 20.1. The van der Waals surface area contributed by atoms with Crippen LogP contribution in [0.25, 0.3) is 6.08 Å². The van der Waals surface area contributed by atoms with Gasteiger partial charge in [0.1, 0.15) is 11.7 Å². The highest BCUT2D eigenvalue weighted by Crippen LogP contribution is 2.17. The molecule has 0 radical (unpaired) electrons. The Balaban J connectivity index is 2.38. The zero-order chi connectivity index (χ0) is 15.4. The highest BCUT2D eigenvalue weighted by atomic mass is 16.2. The second-order valence-electron chi connectivity index (χ2n) is 4.53. The van der Waals surface area contributed by atoms with Crippen LogP contribution >= 0.6 is 0 Å². The van der Waals surface area contributed by atoms with Crippen molar-refractivity contribution in [2.45, 2.75) is 19.4 Å².